The molecule has 0 radical (unpaired) electrons. The van der Waals surface area contributed by atoms with Gasteiger partial charge in [0.1, 0.15) is 0 Å². The van der Waals surface area contributed by atoms with E-state index >= 15 is 0 Å². The van der Waals surface area contributed by atoms with Gasteiger partial charge in [-0.25, -0.2) is 0 Å². The minimum atomic E-state index is -0.0700. The number of methoxy groups -OCH3 is 1. The molecule has 10 heavy (non-hydrogen) atoms. The number of aliphatic hydroxyl groups excluding tert-OH is 1. The normalized spacial score (nSPS) is 33.6. The minimum Gasteiger partial charge on any atom is -0.393 e. The fourth-order valence-electron chi connectivity index (χ4n) is 1.32. The average Bonchev–Trinajstić information content (AvgIpc) is 1.81. The number of aliphatic hydroxyl groups is 1. The lowest BCUT2D eigenvalue weighted by Gasteiger charge is -2.42. The van der Waals surface area contributed by atoms with Crippen LogP contribution in [0.2, 0.25) is 0 Å². The second kappa shape index (κ2) is 2.51. The second-order valence-electron chi connectivity index (χ2n) is 3.63. The highest BCUT2D eigenvalue weighted by Gasteiger charge is 2.39. The molecular weight excluding hydrogens is 128 g/mol. The highest BCUT2D eigenvalue weighted by molar-refractivity contribution is 4.90. The molecule has 0 spiro atoms. The summed E-state index contributed by atoms with van der Waals surface area (Å²) < 4.78 is 5.28. The van der Waals surface area contributed by atoms with E-state index in [2.05, 4.69) is 13.8 Å². The van der Waals surface area contributed by atoms with E-state index in [0.717, 1.165) is 12.8 Å². The van der Waals surface area contributed by atoms with Crippen molar-refractivity contribution < 1.29 is 9.84 Å². The lowest BCUT2D eigenvalue weighted by molar-refractivity contribution is -0.0981. The van der Waals surface area contributed by atoms with Gasteiger partial charge in [0.15, 0.2) is 0 Å². The number of hydrogen-bond donors (Lipinski definition) is 1. The SMILES string of the molecule is COC(C)(C)C1CC(O)C1. The largest absolute Gasteiger partial charge is 0.393 e. The van der Waals surface area contributed by atoms with Crippen LogP contribution in [0.5, 0.6) is 0 Å². The number of ether oxygens (including phenoxy) is 1. The van der Waals surface area contributed by atoms with E-state index in [9.17, 15) is 0 Å². The van der Waals surface area contributed by atoms with Crippen molar-refractivity contribution in [2.75, 3.05) is 7.11 Å². The van der Waals surface area contributed by atoms with E-state index in [1.807, 2.05) is 0 Å². The minimum absolute atomic E-state index is 0.0424. The van der Waals surface area contributed by atoms with Gasteiger partial charge in [0.05, 0.1) is 11.7 Å². The molecule has 0 saturated heterocycles. The molecule has 0 atom stereocenters. The van der Waals surface area contributed by atoms with Crippen LogP contribution in [0.3, 0.4) is 0 Å². The molecule has 1 fully saturated rings. The molecule has 0 unspecified atom stereocenters. The summed E-state index contributed by atoms with van der Waals surface area (Å²) >= 11 is 0. The molecule has 1 aliphatic carbocycles. The van der Waals surface area contributed by atoms with Crippen LogP contribution in [0.1, 0.15) is 26.7 Å². The summed E-state index contributed by atoms with van der Waals surface area (Å²) in [6.07, 6.45) is 1.74. The summed E-state index contributed by atoms with van der Waals surface area (Å²) in [5.41, 5.74) is -0.0424. The molecule has 2 nitrogen and oxygen atoms in total. The summed E-state index contributed by atoms with van der Waals surface area (Å²) in [4.78, 5) is 0. The smallest absolute Gasteiger partial charge is 0.0652 e. The number of hydrogen-bond acceptors (Lipinski definition) is 2. The fraction of sp³-hybridized carbons (Fsp3) is 1.00. The van der Waals surface area contributed by atoms with Crippen LogP contribution >= 0.6 is 0 Å². The molecule has 1 aliphatic rings. The molecular formula is C8H16O2. The maximum atomic E-state index is 9.02. The number of rotatable bonds is 2. The molecule has 60 valence electrons. The fourth-order valence-corrected chi connectivity index (χ4v) is 1.32. The van der Waals surface area contributed by atoms with Gasteiger partial charge in [-0.2, -0.15) is 0 Å². The Morgan fingerprint density at radius 2 is 1.90 bits per heavy atom. The molecule has 0 amide bonds. The van der Waals surface area contributed by atoms with Crippen LogP contribution in [0.25, 0.3) is 0 Å². The zero-order valence-electron chi connectivity index (χ0n) is 6.92. The van der Waals surface area contributed by atoms with Gasteiger partial charge in [0.25, 0.3) is 0 Å². The van der Waals surface area contributed by atoms with Gasteiger partial charge >= 0.3 is 0 Å². The van der Waals surface area contributed by atoms with Crippen LogP contribution in [0.15, 0.2) is 0 Å². The quantitative estimate of drug-likeness (QED) is 0.630. The van der Waals surface area contributed by atoms with Gasteiger partial charge < -0.3 is 9.84 Å². The Balaban J connectivity index is 2.36. The Morgan fingerprint density at radius 3 is 2.20 bits per heavy atom. The van der Waals surface area contributed by atoms with Crippen LogP contribution in [0.4, 0.5) is 0 Å². The summed E-state index contributed by atoms with van der Waals surface area (Å²) in [6, 6.07) is 0. The summed E-state index contributed by atoms with van der Waals surface area (Å²) in [6.45, 7) is 4.15. The van der Waals surface area contributed by atoms with Crippen LogP contribution in [0, 0.1) is 5.92 Å². The van der Waals surface area contributed by atoms with Crippen LogP contribution < -0.4 is 0 Å². The van der Waals surface area contributed by atoms with E-state index in [0.29, 0.717) is 5.92 Å². The monoisotopic (exact) mass is 144 g/mol. The van der Waals surface area contributed by atoms with Crippen LogP contribution in [-0.2, 0) is 4.74 Å². The molecule has 0 aromatic carbocycles. The van der Waals surface area contributed by atoms with Crippen molar-refractivity contribution in [3.8, 4) is 0 Å². The molecule has 2 heteroatoms. The Bertz CT molecular complexity index is 114. The summed E-state index contributed by atoms with van der Waals surface area (Å²) in [7, 11) is 1.73. The Labute approximate surface area is 62.2 Å². The third-order valence-electron chi connectivity index (χ3n) is 2.62. The zero-order chi connectivity index (χ0) is 7.78. The second-order valence-corrected chi connectivity index (χ2v) is 3.63. The van der Waals surface area contributed by atoms with E-state index in [4.69, 9.17) is 9.84 Å². The van der Waals surface area contributed by atoms with Gasteiger partial charge in [-0.3, -0.25) is 0 Å². The maximum absolute atomic E-state index is 9.02. The van der Waals surface area contributed by atoms with Gasteiger partial charge in [-0.1, -0.05) is 0 Å². The molecule has 0 aliphatic heterocycles. The van der Waals surface area contributed by atoms with Gasteiger partial charge in [0.2, 0.25) is 0 Å². The van der Waals surface area contributed by atoms with Gasteiger partial charge in [-0.05, 0) is 32.6 Å². The first-order valence-electron chi connectivity index (χ1n) is 3.79. The van der Waals surface area contributed by atoms with Crippen molar-refractivity contribution in [1.82, 2.24) is 0 Å². The highest BCUT2D eigenvalue weighted by Crippen LogP contribution is 2.37. The van der Waals surface area contributed by atoms with Crippen molar-refractivity contribution >= 4 is 0 Å². The third-order valence-corrected chi connectivity index (χ3v) is 2.62. The highest BCUT2D eigenvalue weighted by atomic mass is 16.5. The Morgan fingerprint density at radius 1 is 1.40 bits per heavy atom. The van der Waals surface area contributed by atoms with E-state index in [1.54, 1.807) is 7.11 Å². The lowest BCUT2D eigenvalue weighted by atomic mass is 9.72. The first-order chi connectivity index (χ1) is 4.56. The van der Waals surface area contributed by atoms with E-state index < -0.39 is 0 Å². The summed E-state index contributed by atoms with van der Waals surface area (Å²) in [5.74, 6) is 0.549. The van der Waals surface area contributed by atoms with Gasteiger partial charge in [-0.15, -0.1) is 0 Å². The Kier molecular flexibility index (Phi) is 2.02. The molecule has 0 bridgehead atoms. The first kappa shape index (κ1) is 8.02. The van der Waals surface area contributed by atoms with E-state index in [-0.39, 0.29) is 11.7 Å². The molecule has 1 rings (SSSR count). The van der Waals surface area contributed by atoms with Crippen molar-refractivity contribution in [3.63, 3.8) is 0 Å². The standard InChI is InChI=1S/C8H16O2/c1-8(2,10-3)6-4-7(9)5-6/h6-7,9H,4-5H2,1-3H3. The third kappa shape index (κ3) is 1.32. The lowest BCUT2D eigenvalue weighted by Crippen LogP contribution is -2.44. The summed E-state index contributed by atoms with van der Waals surface area (Å²) in [5, 5.41) is 9.02. The van der Waals surface area contributed by atoms with Gasteiger partial charge in [0, 0.05) is 7.11 Å². The van der Waals surface area contributed by atoms with Crippen molar-refractivity contribution in [2.45, 2.75) is 38.4 Å². The molecule has 1 saturated carbocycles. The van der Waals surface area contributed by atoms with Crippen molar-refractivity contribution in [3.05, 3.63) is 0 Å². The average molecular weight is 144 g/mol. The van der Waals surface area contributed by atoms with Crippen LogP contribution in [-0.4, -0.2) is 23.9 Å². The Hall–Kier alpha value is -0.0800. The molecule has 1 N–H and O–H groups in total. The predicted octanol–water partition coefficient (Wildman–Crippen LogP) is 1.18. The molecule has 0 aromatic rings. The van der Waals surface area contributed by atoms with Crippen molar-refractivity contribution in [2.24, 2.45) is 5.92 Å². The van der Waals surface area contributed by atoms with E-state index in [1.165, 1.54) is 0 Å². The molecule has 0 heterocycles. The zero-order valence-corrected chi connectivity index (χ0v) is 6.92. The van der Waals surface area contributed by atoms with Crippen molar-refractivity contribution in [1.29, 1.82) is 0 Å². The molecule has 0 aromatic heterocycles. The first-order valence-corrected chi connectivity index (χ1v) is 3.79. The topological polar surface area (TPSA) is 29.5 Å². The predicted molar refractivity (Wildman–Crippen MR) is 39.8 cm³/mol. The maximum Gasteiger partial charge on any atom is 0.0652 e.